The minimum absolute atomic E-state index is 0.119. The van der Waals surface area contributed by atoms with Gasteiger partial charge in [0.2, 0.25) is 0 Å². The molecule has 100 valence electrons. The van der Waals surface area contributed by atoms with Crippen LogP contribution in [0.15, 0.2) is 39.6 Å². The zero-order valence-corrected chi connectivity index (χ0v) is 11.5. The summed E-state index contributed by atoms with van der Waals surface area (Å²) in [6.07, 6.45) is 6.32. The summed E-state index contributed by atoms with van der Waals surface area (Å²) in [5.74, 6) is 0.268. The molecule has 0 unspecified atom stereocenters. The highest BCUT2D eigenvalue weighted by Gasteiger charge is 2.36. The van der Waals surface area contributed by atoms with Gasteiger partial charge in [-0.3, -0.25) is 4.79 Å². The molecule has 0 saturated heterocycles. The van der Waals surface area contributed by atoms with Crippen LogP contribution in [-0.4, -0.2) is 12.5 Å². The molecule has 0 radical (unpaired) electrons. The monoisotopic (exact) mass is 275 g/mol. The van der Waals surface area contributed by atoms with Crippen molar-refractivity contribution < 1.29 is 9.21 Å². The molecule has 19 heavy (non-hydrogen) atoms. The first-order valence-corrected chi connectivity index (χ1v) is 7.59. The number of carbonyl (C=O) groups is 1. The van der Waals surface area contributed by atoms with Gasteiger partial charge in [0, 0.05) is 12.0 Å². The zero-order valence-electron chi connectivity index (χ0n) is 10.7. The number of hydrogen-bond acceptors (Lipinski definition) is 3. The van der Waals surface area contributed by atoms with E-state index in [1.165, 1.54) is 24.7 Å². The molecule has 2 aromatic rings. The van der Waals surface area contributed by atoms with Crippen molar-refractivity contribution in [2.24, 2.45) is 0 Å². The summed E-state index contributed by atoms with van der Waals surface area (Å²) in [7, 11) is 0. The summed E-state index contributed by atoms with van der Waals surface area (Å²) in [6.45, 7) is 0.698. The predicted octanol–water partition coefficient (Wildman–Crippen LogP) is 3.58. The highest BCUT2D eigenvalue weighted by atomic mass is 32.1. The van der Waals surface area contributed by atoms with Crippen molar-refractivity contribution in [2.45, 2.75) is 31.1 Å². The van der Waals surface area contributed by atoms with Gasteiger partial charge in [0.25, 0.3) is 5.91 Å². The maximum Gasteiger partial charge on any atom is 0.287 e. The van der Waals surface area contributed by atoms with E-state index in [9.17, 15) is 4.79 Å². The molecule has 0 spiro atoms. The number of thiophene rings is 1. The van der Waals surface area contributed by atoms with Gasteiger partial charge in [0.15, 0.2) is 5.76 Å². The molecule has 1 amide bonds. The lowest BCUT2D eigenvalue weighted by atomic mass is 9.80. The Labute approximate surface area is 116 Å². The summed E-state index contributed by atoms with van der Waals surface area (Å²) in [5.41, 5.74) is 1.50. The molecule has 0 aliphatic heterocycles. The first-order chi connectivity index (χ1) is 9.30. The molecule has 0 atom stereocenters. The van der Waals surface area contributed by atoms with Crippen LogP contribution >= 0.6 is 11.3 Å². The first kappa shape index (κ1) is 12.5. The van der Waals surface area contributed by atoms with E-state index in [1.807, 2.05) is 0 Å². The quantitative estimate of drug-likeness (QED) is 0.926. The Morgan fingerprint density at radius 2 is 2.21 bits per heavy atom. The molecule has 1 aliphatic rings. The van der Waals surface area contributed by atoms with Gasteiger partial charge in [-0.2, -0.15) is 11.3 Å². The Morgan fingerprint density at radius 1 is 1.37 bits per heavy atom. The van der Waals surface area contributed by atoms with Crippen LogP contribution in [0.2, 0.25) is 0 Å². The third kappa shape index (κ3) is 2.45. The molecule has 1 aliphatic carbocycles. The van der Waals surface area contributed by atoms with E-state index in [-0.39, 0.29) is 11.3 Å². The van der Waals surface area contributed by atoms with Crippen LogP contribution in [0.25, 0.3) is 0 Å². The second kappa shape index (κ2) is 5.21. The Morgan fingerprint density at radius 3 is 2.84 bits per heavy atom. The fourth-order valence-corrected chi connectivity index (χ4v) is 3.71. The van der Waals surface area contributed by atoms with Gasteiger partial charge < -0.3 is 9.73 Å². The summed E-state index contributed by atoms with van der Waals surface area (Å²) < 4.78 is 5.12. The summed E-state index contributed by atoms with van der Waals surface area (Å²) in [6, 6.07) is 5.62. The van der Waals surface area contributed by atoms with E-state index in [0.717, 1.165) is 12.8 Å². The molecule has 0 aromatic carbocycles. The standard InChI is InChI=1S/C15H17NO2S/c17-14(13-4-3-8-18-13)16-11-15(6-1-2-7-15)12-5-9-19-10-12/h3-5,8-10H,1-2,6-7,11H2,(H,16,17). The minimum Gasteiger partial charge on any atom is -0.459 e. The molecule has 2 aromatic heterocycles. The number of furan rings is 1. The average molecular weight is 275 g/mol. The van der Waals surface area contributed by atoms with Crippen molar-refractivity contribution in [2.75, 3.05) is 6.54 Å². The Kier molecular flexibility index (Phi) is 3.42. The molecule has 0 bridgehead atoms. The molecule has 1 saturated carbocycles. The normalized spacial score (nSPS) is 17.5. The maximum atomic E-state index is 12.0. The lowest BCUT2D eigenvalue weighted by molar-refractivity contribution is 0.0915. The van der Waals surface area contributed by atoms with Gasteiger partial charge >= 0.3 is 0 Å². The summed E-state index contributed by atoms with van der Waals surface area (Å²) in [4.78, 5) is 12.0. The maximum absolute atomic E-state index is 12.0. The first-order valence-electron chi connectivity index (χ1n) is 6.65. The van der Waals surface area contributed by atoms with Gasteiger partial charge in [-0.05, 0) is 47.4 Å². The number of hydrogen-bond donors (Lipinski definition) is 1. The third-order valence-corrected chi connectivity index (χ3v) is 4.71. The molecule has 1 fully saturated rings. The summed E-state index contributed by atoms with van der Waals surface area (Å²) in [5, 5.41) is 7.36. The van der Waals surface area contributed by atoms with E-state index in [4.69, 9.17) is 4.42 Å². The van der Waals surface area contributed by atoms with Crippen molar-refractivity contribution in [1.82, 2.24) is 5.32 Å². The highest BCUT2D eigenvalue weighted by molar-refractivity contribution is 7.08. The van der Waals surface area contributed by atoms with Crippen LogP contribution in [0.3, 0.4) is 0 Å². The van der Waals surface area contributed by atoms with Crippen LogP contribution in [0.5, 0.6) is 0 Å². The topological polar surface area (TPSA) is 42.2 Å². The molecule has 1 N–H and O–H groups in total. The van der Waals surface area contributed by atoms with Crippen LogP contribution in [-0.2, 0) is 5.41 Å². The van der Waals surface area contributed by atoms with Crippen molar-refractivity contribution in [3.8, 4) is 0 Å². The van der Waals surface area contributed by atoms with Gasteiger partial charge in [0.05, 0.1) is 6.26 Å². The fraction of sp³-hybridized carbons (Fsp3) is 0.400. The molecule has 3 rings (SSSR count). The smallest absolute Gasteiger partial charge is 0.287 e. The Balaban J connectivity index is 1.71. The van der Waals surface area contributed by atoms with Gasteiger partial charge in [-0.25, -0.2) is 0 Å². The molecule has 3 nitrogen and oxygen atoms in total. The van der Waals surface area contributed by atoms with E-state index >= 15 is 0 Å². The Bertz CT molecular complexity index is 525. The predicted molar refractivity (Wildman–Crippen MR) is 75.5 cm³/mol. The van der Waals surface area contributed by atoms with Crippen LogP contribution in [0, 0.1) is 0 Å². The minimum atomic E-state index is -0.119. The summed E-state index contributed by atoms with van der Waals surface area (Å²) >= 11 is 1.73. The molecular formula is C15H17NO2S. The van der Waals surface area contributed by atoms with E-state index in [1.54, 1.807) is 23.5 Å². The van der Waals surface area contributed by atoms with E-state index < -0.39 is 0 Å². The second-order valence-electron chi connectivity index (χ2n) is 5.16. The highest BCUT2D eigenvalue weighted by Crippen LogP contribution is 2.41. The average Bonchev–Trinajstić information content (AvgIpc) is 3.16. The second-order valence-corrected chi connectivity index (χ2v) is 5.94. The van der Waals surface area contributed by atoms with Crippen LogP contribution in [0.4, 0.5) is 0 Å². The van der Waals surface area contributed by atoms with Gasteiger partial charge in [-0.15, -0.1) is 0 Å². The van der Waals surface area contributed by atoms with Crippen LogP contribution < -0.4 is 5.32 Å². The largest absolute Gasteiger partial charge is 0.459 e. The SMILES string of the molecule is O=C(NCC1(c2ccsc2)CCCC1)c1ccco1. The lowest BCUT2D eigenvalue weighted by Crippen LogP contribution is -2.38. The van der Waals surface area contributed by atoms with Gasteiger partial charge in [-0.1, -0.05) is 12.8 Å². The van der Waals surface area contributed by atoms with Crippen molar-refractivity contribution in [1.29, 1.82) is 0 Å². The third-order valence-electron chi connectivity index (χ3n) is 4.03. The van der Waals surface area contributed by atoms with E-state index in [2.05, 4.69) is 22.1 Å². The van der Waals surface area contributed by atoms with Gasteiger partial charge in [0.1, 0.15) is 0 Å². The number of amides is 1. The van der Waals surface area contributed by atoms with Crippen LogP contribution in [0.1, 0.15) is 41.8 Å². The Hall–Kier alpha value is -1.55. The molecule has 4 heteroatoms. The lowest BCUT2D eigenvalue weighted by Gasteiger charge is -2.28. The molecule has 2 heterocycles. The number of rotatable bonds is 4. The van der Waals surface area contributed by atoms with E-state index in [0.29, 0.717) is 12.3 Å². The zero-order chi connectivity index (χ0) is 13.1. The van der Waals surface area contributed by atoms with Crippen molar-refractivity contribution in [3.05, 3.63) is 46.5 Å². The van der Waals surface area contributed by atoms with Crippen molar-refractivity contribution >= 4 is 17.2 Å². The fourth-order valence-electron chi connectivity index (χ4n) is 2.93. The van der Waals surface area contributed by atoms with Crippen molar-refractivity contribution in [3.63, 3.8) is 0 Å². The number of nitrogens with one attached hydrogen (secondary N) is 1. The number of carbonyl (C=O) groups excluding carboxylic acids is 1. The molecular weight excluding hydrogens is 258 g/mol.